The van der Waals surface area contributed by atoms with Gasteiger partial charge in [-0.3, -0.25) is 14.5 Å². The molecule has 4 amide bonds. The van der Waals surface area contributed by atoms with Crippen LogP contribution in [0.5, 0.6) is 0 Å². The van der Waals surface area contributed by atoms with Crippen LogP contribution < -0.4 is 10.6 Å². The molecule has 2 N–H and O–H groups in total. The average Bonchev–Trinajstić information content (AvgIpc) is 3.02. The van der Waals surface area contributed by atoms with Gasteiger partial charge in [0.15, 0.2) is 0 Å². The fraction of sp³-hybridized carbons (Fsp3) is 0.375. The van der Waals surface area contributed by atoms with Crippen molar-refractivity contribution in [1.82, 2.24) is 15.5 Å². The Hall–Kier alpha value is -3.33. The minimum Gasteiger partial charge on any atom is -0.381 e. The van der Waals surface area contributed by atoms with Crippen LogP contribution in [-0.4, -0.2) is 49.0 Å². The minimum atomic E-state index is -1.39. The highest BCUT2D eigenvalue weighted by molar-refractivity contribution is 6.09. The Balaban J connectivity index is 1.45. The van der Waals surface area contributed by atoms with Crippen molar-refractivity contribution >= 4 is 17.8 Å². The predicted molar refractivity (Wildman–Crippen MR) is 115 cm³/mol. The van der Waals surface area contributed by atoms with Crippen molar-refractivity contribution in [3.63, 3.8) is 0 Å². The lowest BCUT2D eigenvalue weighted by atomic mass is 9.74. The number of rotatable bonds is 6. The van der Waals surface area contributed by atoms with Gasteiger partial charge < -0.3 is 15.4 Å². The smallest absolute Gasteiger partial charge is 0.325 e. The van der Waals surface area contributed by atoms with Crippen molar-refractivity contribution in [1.29, 1.82) is 0 Å². The zero-order valence-corrected chi connectivity index (χ0v) is 18.2. The molecular formula is C24H25F2N3O4. The second-order valence-electron chi connectivity index (χ2n) is 8.63. The summed E-state index contributed by atoms with van der Waals surface area (Å²) in [6.07, 6.45) is 1.20. The highest BCUT2D eigenvalue weighted by Crippen LogP contribution is 2.35. The van der Waals surface area contributed by atoms with Crippen molar-refractivity contribution in [3.05, 3.63) is 71.3 Å². The first kappa shape index (κ1) is 22.8. The number of amides is 4. The van der Waals surface area contributed by atoms with Crippen LogP contribution in [0.3, 0.4) is 0 Å². The molecule has 0 aliphatic carbocycles. The number of urea groups is 1. The maximum Gasteiger partial charge on any atom is 0.325 e. The lowest BCUT2D eigenvalue weighted by Crippen LogP contribution is -2.48. The van der Waals surface area contributed by atoms with E-state index in [-0.39, 0.29) is 12.4 Å². The van der Waals surface area contributed by atoms with Crippen LogP contribution in [0.1, 0.15) is 30.9 Å². The van der Waals surface area contributed by atoms with E-state index in [1.54, 1.807) is 6.07 Å². The summed E-state index contributed by atoms with van der Waals surface area (Å²) in [6, 6.07) is 10.8. The fourth-order valence-corrected chi connectivity index (χ4v) is 4.43. The van der Waals surface area contributed by atoms with E-state index < -0.39 is 41.2 Å². The number of imide groups is 1. The molecule has 174 valence electrons. The van der Waals surface area contributed by atoms with Crippen LogP contribution in [0.15, 0.2) is 48.5 Å². The van der Waals surface area contributed by atoms with Gasteiger partial charge in [0.25, 0.3) is 5.91 Å². The maximum atomic E-state index is 13.9. The summed E-state index contributed by atoms with van der Waals surface area (Å²) < 4.78 is 32.6. The molecule has 0 aromatic heterocycles. The number of hydrogen-bond acceptors (Lipinski definition) is 4. The van der Waals surface area contributed by atoms with Crippen LogP contribution in [0, 0.1) is 11.6 Å². The standard InChI is InChI=1S/C24H25F2N3O4/c1-23(16-5-7-18(25)8-6-16)21(31)29(22(32)28-23)14-20(30)27-15-24(9-11-33-12-10-24)17-3-2-4-19(26)13-17/h2-8,13H,9-12,14-15H2,1H3,(H,27,30)(H,28,32). The van der Waals surface area contributed by atoms with E-state index in [2.05, 4.69) is 10.6 Å². The number of carbonyl (C=O) groups is 3. The van der Waals surface area contributed by atoms with E-state index in [4.69, 9.17) is 4.74 Å². The molecule has 2 saturated heterocycles. The first-order valence-electron chi connectivity index (χ1n) is 10.7. The third-order valence-corrected chi connectivity index (χ3v) is 6.51. The summed E-state index contributed by atoms with van der Waals surface area (Å²) in [7, 11) is 0. The van der Waals surface area contributed by atoms with Gasteiger partial charge >= 0.3 is 6.03 Å². The monoisotopic (exact) mass is 457 g/mol. The molecule has 2 heterocycles. The van der Waals surface area contributed by atoms with Gasteiger partial charge in [-0.15, -0.1) is 0 Å². The Bertz CT molecular complexity index is 1070. The van der Waals surface area contributed by atoms with Gasteiger partial charge in [-0.25, -0.2) is 13.6 Å². The summed E-state index contributed by atoms with van der Waals surface area (Å²) in [6.45, 7) is 2.24. The lowest BCUT2D eigenvalue weighted by Gasteiger charge is -2.38. The zero-order valence-electron chi connectivity index (χ0n) is 18.2. The second kappa shape index (κ2) is 8.90. The Morgan fingerprint density at radius 1 is 1.06 bits per heavy atom. The van der Waals surface area contributed by atoms with Gasteiger partial charge in [0.05, 0.1) is 0 Å². The van der Waals surface area contributed by atoms with Crippen molar-refractivity contribution in [2.45, 2.75) is 30.7 Å². The van der Waals surface area contributed by atoms with Gasteiger partial charge in [0.2, 0.25) is 5.91 Å². The molecule has 0 bridgehead atoms. The van der Waals surface area contributed by atoms with E-state index in [9.17, 15) is 23.2 Å². The predicted octanol–water partition coefficient (Wildman–Crippen LogP) is 2.60. The van der Waals surface area contributed by atoms with Crippen LogP contribution in [-0.2, 0) is 25.3 Å². The third-order valence-electron chi connectivity index (χ3n) is 6.51. The highest BCUT2D eigenvalue weighted by Gasteiger charge is 2.49. The second-order valence-corrected chi connectivity index (χ2v) is 8.63. The molecule has 0 spiro atoms. The number of halogens is 2. The first-order chi connectivity index (χ1) is 15.7. The van der Waals surface area contributed by atoms with Gasteiger partial charge in [-0.2, -0.15) is 0 Å². The Labute approximate surface area is 190 Å². The van der Waals surface area contributed by atoms with Gasteiger partial charge in [0, 0.05) is 25.2 Å². The molecule has 2 aliphatic rings. The Kier molecular flexibility index (Phi) is 6.16. The molecule has 2 aliphatic heterocycles. The molecule has 33 heavy (non-hydrogen) atoms. The zero-order chi connectivity index (χ0) is 23.6. The molecule has 4 rings (SSSR count). The average molecular weight is 457 g/mol. The summed E-state index contributed by atoms with van der Waals surface area (Å²) in [5.41, 5.74) is -0.716. The van der Waals surface area contributed by atoms with E-state index >= 15 is 0 Å². The molecule has 0 radical (unpaired) electrons. The summed E-state index contributed by atoms with van der Waals surface area (Å²) in [5.74, 6) is -1.93. The molecular weight excluding hydrogens is 432 g/mol. The van der Waals surface area contributed by atoms with Gasteiger partial charge in [-0.05, 0) is 55.2 Å². The Morgan fingerprint density at radius 3 is 2.42 bits per heavy atom. The van der Waals surface area contributed by atoms with Crippen molar-refractivity contribution in [2.24, 2.45) is 0 Å². The molecule has 0 saturated carbocycles. The largest absolute Gasteiger partial charge is 0.381 e. The quantitative estimate of drug-likeness (QED) is 0.653. The number of hydrogen-bond donors (Lipinski definition) is 2. The summed E-state index contributed by atoms with van der Waals surface area (Å²) >= 11 is 0. The summed E-state index contributed by atoms with van der Waals surface area (Å²) in [4.78, 5) is 39.1. The SMILES string of the molecule is CC1(c2ccc(F)cc2)NC(=O)N(CC(=O)NCC2(c3cccc(F)c3)CCOCC2)C1=O. The number of ether oxygens (including phenoxy) is 1. The van der Waals surface area contributed by atoms with Crippen molar-refractivity contribution in [2.75, 3.05) is 26.3 Å². The highest BCUT2D eigenvalue weighted by atomic mass is 19.1. The minimum absolute atomic E-state index is 0.220. The lowest BCUT2D eigenvalue weighted by molar-refractivity contribution is -0.134. The third kappa shape index (κ3) is 4.45. The van der Waals surface area contributed by atoms with Crippen LogP contribution in [0.4, 0.5) is 13.6 Å². The van der Waals surface area contributed by atoms with Gasteiger partial charge in [0.1, 0.15) is 23.7 Å². The molecule has 2 aromatic rings. The van der Waals surface area contributed by atoms with E-state index in [1.165, 1.54) is 43.3 Å². The van der Waals surface area contributed by atoms with Crippen molar-refractivity contribution in [3.8, 4) is 0 Å². The van der Waals surface area contributed by atoms with Crippen LogP contribution in [0.2, 0.25) is 0 Å². The van der Waals surface area contributed by atoms with E-state index in [0.717, 1.165) is 10.5 Å². The molecule has 9 heteroatoms. The number of nitrogens with zero attached hydrogens (tertiary/aromatic N) is 1. The van der Waals surface area contributed by atoms with E-state index in [1.807, 2.05) is 6.07 Å². The van der Waals surface area contributed by atoms with Crippen LogP contribution >= 0.6 is 0 Å². The topological polar surface area (TPSA) is 87.7 Å². The maximum absolute atomic E-state index is 13.9. The number of carbonyl (C=O) groups excluding carboxylic acids is 3. The molecule has 2 aromatic carbocycles. The first-order valence-corrected chi connectivity index (χ1v) is 10.7. The molecule has 1 unspecified atom stereocenters. The number of benzene rings is 2. The normalized spacial score (nSPS) is 22.2. The fourth-order valence-electron chi connectivity index (χ4n) is 4.43. The molecule has 1 atom stereocenters. The van der Waals surface area contributed by atoms with Crippen LogP contribution in [0.25, 0.3) is 0 Å². The van der Waals surface area contributed by atoms with Gasteiger partial charge in [-0.1, -0.05) is 24.3 Å². The molecule has 7 nitrogen and oxygen atoms in total. The number of nitrogens with one attached hydrogen (secondary N) is 2. The molecule has 2 fully saturated rings. The Morgan fingerprint density at radius 2 is 1.76 bits per heavy atom. The summed E-state index contributed by atoms with van der Waals surface area (Å²) in [5, 5.41) is 5.41. The van der Waals surface area contributed by atoms with Crippen molar-refractivity contribution < 1.29 is 27.9 Å². The van der Waals surface area contributed by atoms with E-state index in [0.29, 0.717) is 31.6 Å².